The van der Waals surface area contributed by atoms with Crippen molar-refractivity contribution >= 4 is 29.1 Å². The van der Waals surface area contributed by atoms with Crippen molar-refractivity contribution in [3.8, 4) is 0 Å². The maximum Gasteiger partial charge on any atom is 0.337 e. The third-order valence-electron chi connectivity index (χ3n) is 4.04. The first kappa shape index (κ1) is 18.4. The maximum atomic E-state index is 11.7. The SMILES string of the molecule is COC(=O)c1cccc(Nc2nccc(Nc3ccccc3C(C)C)n2)c1. The Kier molecular flexibility index (Phi) is 5.66. The lowest BCUT2D eigenvalue weighted by Crippen LogP contribution is -2.04. The van der Waals surface area contributed by atoms with E-state index in [0.29, 0.717) is 28.9 Å². The number of ether oxygens (including phenoxy) is 1. The summed E-state index contributed by atoms with van der Waals surface area (Å²) in [6.45, 7) is 4.31. The Morgan fingerprint density at radius 3 is 2.63 bits per heavy atom. The fourth-order valence-electron chi connectivity index (χ4n) is 2.71. The topological polar surface area (TPSA) is 76.1 Å². The molecule has 0 atom stereocenters. The average Bonchev–Trinajstić information content (AvgIpc) is 2.68. The van der Waals surface area contributed by atoms with E-state index in [1.165, 1.54) is 12.7 Å². The number of esters is 1. The van der Waals surface area contributed by atoms with Crippen molar-refractivity contribution in [3.05, 3.63) is 71.9 Å². The van der Waals surface area contributed by atoms with Crippen molar-refractivity contribution in [2.75, 3.05) is 17.7 Å². The van der Waals surface area contributed by atoms with Gasteiger partial charge in [0.2, 0.25) is 5.95 Å². The zero-order valence-corrected chi connectivity index (χ0v) is 15.6. The smallest absolute Gasteiger partial charge is 0.337 e. The molecule has 0 radical (unpaired) electrons. The summed E-state index contributed by atoms with van der Waals surface area (Å²) in [7, 11) is 1.36. The summed E-state index contributed by atoms with van der Waals surface area (Å²) in [5.74, 6) is 1.13. The Hall–Kier alpha value is -3.41. The zero-order chi connectivity index (χ0) is 19.2. The van der Waals surface area contributed by atoms with Gasteiger partial charge in [0.25, 0.3) is 0 Å². The molecule has 1 aromatic heterocycles. The van der Waals surface area contributed by atoms with Crippen LogP contribution in [0.3, 0.4) is 0 Å². The van der Waals surface area contributed by atoms with Crippen LogP contribution in [0.25, 0.3) is 0 Å². The molecular formula is C21H22N4O2. The molecule has 27 heavy (non-hydrogen) atoms. The molecular weight excluding hydrogens is 340 g/mol. The number of methoxy groups -OCH3 is 1. The van der Waals surface area contributed by atoms with Crippen LogP contribution in [-0.2, 0) is 4.74 Å². The molecule has 6 nitrogen and oxygen atoms in total. The summed E-state index contributed by atoms with van der Waals surface area (Å²) in [4.78, 5) is 20.4. The quantitative estimate of drug-likeness (QED) is 0.609. The normalized spacial score (nSPS) is 10.5. The maximum absolute atomic E-state index is 11.7. The molecule has 0 fully saturated rings. The fraction of sp³-hybridized carbons (Fsp3) is 0.190. The van der Waals surface area contributed by atoms with Gasteiger partial charge in [-0.25, -0.2) is 9.78 Å². The highest BCUT2D eigenvalue weighted by Gasteiger charge is 2.09. The molecule has 6 heteroatoms. The Balaban J connectivity index is 1.80. The second-order valence-electron chi connectivity index (χ2n) is 6.33. The van der Waals surface area contributed by atoms with Gasteiger partial charge in [-0.05, 0) is 41.8 Å². The molecule has 0 unspecified atom stereocenters. The van der Waals surface area contributed by atoms with Crippen molar-refractivity contribution in [1.29, 1.82) is 0 Å². The van der Waals surface area contributed by atoms with Crippen LogP contribution >= 0.6 is 0 Å². The third kappa shape index (κ3) is 4.61. The summed E-state index contributed by atoms with van der Waals surface area (Å²) in [5, 5.41) is 6.47. The molecule has 0 amide bonds. The van der Waals surface area contributed by atoms with Gasteiger partial charge in [-0.15, -0.1) is 0 Å². The van der Waals surface area contributed by atoms with E-state index in [1.807, 2.05) is 30.3 Å². The monoisotopic (exact) mass is 362 g/mol. The minimum Gasteiger partial charge on any atom is -0.465 e. The number of para-hydroxylation sites is 1. The molecule has 0 saturated carbocycles. The lowest BCUT2D eigenvalue weighted by molar-refractivity contribution is 0.0601. The summed E-state index contributed by atoms with van der Waals surface area (Å²) in [6, 6.07) is 17.0. The van der Waals surface area contributed by atoms with Crippen LogP contribution in [0.5, 0.6) is 0 Å². The minimum atomic E-state index is -0.389. The average molecular weight is 362 g/mol. The molecule has 2 aromatic carbocycles. The lowest BCUT2D eigenvalue weighted by Gasteiger charge is -2.14. The van der Waals surface area contributed by atoms with E-state index in [9.17, 15) is 4.79 Å². The Bertz CT molecular complexity index is 941. The highest BCUT2D eigenvalue weighted by molar-refractivity contribution is 5.90. The summed E-state index contributed by atoms with van der Waals surface area (Å²) in [6.07, 6.45) is 1.68. The van der Waals surface area contributed by atoms with Gasteiger partial charge in [0.05, 0.1) is 12.7 Å². The Morgan fingerprint density at radius 2 is 1.85 bits per heavy atom. The molecule has 3 rings (SSSR count). The molecule has 0 aliphatic heterocycles. The van der Waals surface area contributed by atoms with Crippen LogP contribution in [0.4, 0.5) is 23.1 Å². The van der Waals surface area contributed by atoms with Crippen molar-refractivity contribution in [3.63, 3.8) is 0 Å². The predicted octanol–water partition coefficient (Wildman–Crippen LogP) is 4.87. The van der Waals surface area contributed by atoms with Gasteiger partial charge in [0.15, 0.2) is 0 Å². The van der Waals surface area contributed by atoms with Crippen LogP contribution < -0.4 is 10.6 Å². The third-order valence-corrected chi connectivity index (χ3v) is 4.04. The van der Waals surface area contributed by atoms with E-state index in [1.54, 1.807) is 24.4 Å². The van der Waals surface area contributed by atoms with E-state index in [0.717, 1.165) is 5.69 Å². The Morgan fingerprint density at radius 1 is 1.04 bits per heavy atom. The predicted molar refractivity (Wildman–Crippen MR) is 107 cm³/mol. The highest BCUT2D eigenvalue weighted by Crippen LogP contribution is 2.26. The van der Waals surface area contributed by atoms with Gasteiger partial charge >= 0.3 is 5.97 Å². The number of carbonyl (C=O) groups excluding carboxylic acids is 1. The fourth-order valence-corrected chi connectivity index (χ4v) is 2.71. The second kappa shape index (κ2) is 8.31. The molecule has 0 aliphatic rings. The number of hydrogen-bond acceptors (Lipinski definition) is 6. The number of rotatable bonds is 6. The molecule has 0 spiro atoms. The molecule has 1 heterocycles. The molecule has 2 N–H and O–H groups in total. The van der Waals surface area contributed by atoms with E-state index >= 15 is 0 Å². The number of anilines is 4. The first-order valence-corrected chi connectivity index (χ1v) is 8.71. The van der Waals surface area contributed by atoms with Crippen LogP contribution in [0.1, 0.15) is 35.7 Å². The summed E-state index contributed by atoms with van der Waals surface area (Å²) in [5.41, 5.74) is 3.40. The molecule has 0 saturated heterocycles. The van der Waals surface area contributed by atoms with Crippen LogP contribution in [0.2, 0.25) is 0 Å². The number of nitrogens with zero attached hydrogens (tertiary/aromatic N) is 2. The number of hydrogen-bond donors (Lipinski definition) is 2. The van der Waals surface area contributed by atoms with Crippen molar-refractivity contribution in [1.82, 2.24) is 9.97 Å². The first-order chi connectivity index (χ1) is 13.1. The Labute approximate surface area is 158 Å². The van der Waals surface area contributed by atoms with E-state index in [-0.39, 0.29) is 5.97 Å². The van der Waals surface area contributed by atoms with Gasteiger partial charge in [0.1, 0.15) is 5.82 Å². The van der Waals surface area contributed by atoms with E-state index in [4.69, 9.17) is 4.74 Å². The first-order valence-electron chi connectivity index (χ1n) is 8.71. The molecule has 0 aliphatic carbocycles. The summed E-state index contributed by atoms with van der Waals surface area (Å²) < 4.78 is 4.75. The van der Waals surface area contributed by atoms with Crippen LogP contribution in [0, 0.1) is 0 Å². The van der Waals surface area contributed by atoms with Gasteiger partial charge < -0.3 is 15.4 Å². The number of aromatic nitrogens is 2. The van der Waals surface area contributed by atoms with Crippen molar-refractivity contribution < 1.29 is 9.53 Å². The standard InChI is InChI=1S/C21H22N4O2/c1-14(2)17-9-4-5-10-18(17)24-19-11-12-22-21(25-19)23-16-8-6-7-15(13-16)20(26)27-3/h4-14H,1-3H3,(H2,22,23,24,25). The minimum absolute atomic E-state index is 0.389. The number of benzene rings is 2. The van der Waals surface area contributed by atoms with Gasteiger partial charge in [0, 0.05) is 17.6 Å². The summed E-state index contributed by atoms with van der Waals surface area (Å²) >= 11 is 0. The second-order valence-corrected chi connectivity index (χ2v) is 6.33. The van der Waals surface area contributed by atoms with E-state index < -0.39 is 0 Å². The van der Waals surface area contributed by atoms with E-state index in [2.05, 4.69) is 40.5 Å². The number of nitrogens with one attached hydrogen (secondary N) is 2. The molecule has 3 aromatic rings. The van der Waals surface area contributed by atoms with Crippen LogP contribution in [0.15, 0.2) is 60.8 Å². The van der Waals surface area contributed by atoms with Crippen molar-refractivity contribution in [2.45, 2.75) is 19.8 Å². The number of carbonyl (C=O) groups is 1. The zero-order valence-electron chi connectivity index (χ0n) is 15.6. The van der Waals surface area contributed by atoms with Gasteiger partial charge in [-0.3, -0.25) is 0 Å². The molecule has 0 bridgehead atoms. The van der Waals surface area contributed by atoms with Gasteiger partial charge in [-0.1, -0.05) is 38.1 Å². The van der Waals surface area contributed by atoms with Crippen LogP contribution in [-0.4, -0.2) is 23.0 Å². The molecule has 138 valence electrons. The highest BCUT2D eigenvalue weighted by atomic mass is 16.5. The van der Waals surface area contributed by atoms with Crippen molar-refractivity contribution in [2.24, 2.45) is 0 Å². The van der Waals surface area contributed by atoms with Gasteiger partial charge in [-0.2, -0.15) is 4.98 Å². The largest absolute Gasteiger partial charge is 0.465 e. The lowest BCUT2D eigenvalue weighted by atomic mass is 10.0.